The van der Waals surface area contributed by atoms with Crippen LogP contribution in [0.25, 0.3) is 0 Å². The van der Waals surface area contributed by atoms with Crippen LogP contribution in [0.2, 0.25) is 5.02 Å². The van der Waals surface area contributed by atoms with Crippen molar-refractivity contribution >= 4 is 11.6 Å². The zero-order valence-corrected chi connectivity index (χ0v) is 11.0. The quantitative estimate of drug-likeness (QED) is 0.840. The van der Waals surface area contributed by atoms with Crippen molar-refractivity contribution in [1.82, 2.24) is 5.32 Å². The monoisotopic (exact) mass is 243 g/mol. The van der Waals surface area contributed by atoms with E-state index in [4.69, 9.17) is 11.6 Å². The van der Waals surface area contributed by atoms with E-state index < -0.39 is 0 Å². The van der Waals surface area contributed by atoms with Crippen LogP contribution >= 0.6 is 11.6 Å². The van der Waals surface area contributed by atoms with Crippen LogP contribution in [-0.4, -0.2) is 6.54 Å². The van der Waals surface area contributed by atoms with Gasteiger partial charge < -0.3 is 5.32 Å². The van der Waals surface area contributed by atoms with Crippen molar-refractivity contribution in [1.29, 1.82) is 0 Å². The average Bonchev–Trinajstić information content (AvgIpc) is 2.13. The molecule has 0 aliphatic carbocycles. The van der Waals surface area contributed by atoms with Gasteiger partial charge in [0.05, 0.1) is 0 Å². The SMILES string of the molecule is CC(NCC(C)(C)C)c1ccc(F)cc1Cl. The van der Waals surface area contributed by atoms with Crippen LogP contribution in [0.1, 0.15) is 39.3 Å². The van der Waals surface area contributed by atoms with E-state index in [9.17, 15) is 4.39 Å². The molecular formula is C13H19ClFN. The zero-order valence-electron chi connectivity index (χ0n) is 10.3. The lowest BCUT2D eigenvalue weighted by Crippen LogP contribution is -2.29. The van der Waals surface area contributed by atoms with Gasteiger partial charge in [0.25, 0.3) is 0 Å². The Morgan fingerprint density at radius 2 is 2.00 bits per heavy atom. The third kappa shape index (κ3) is 4.11. The Bertz CT molecular complexity index is 357. The summed E-state index contributed by atoms with van der Waals surface area (Å²) in [6.45, 7) is 9.42. The van der Waals surface area contributed by atoms with Gasteiger partial charge in [0, 0.05) is 17.6 Å². The largest absolute Gasteiger partial charge is 0.310 e. The lowest BCUT2D eigenvalue weighted by Gasteiger charge is -2.23. The fourth-order valence-corrected chi connectivity index (χ4v) is 1.75. The molecule has 0 aliphatic rings. The van der Waals surface area contributed by atoms with Gasteiger partial charge in [0.2, 0.25) is 0 Å². The number of benzene rings is 1. The predicted octanol–water partition coefficient (Wildman–Crippen LogP) is 4.18. The molecule has 90 valence electrons. The van der Waals surface area contributed by atoms with E-state index in [0.717, 1.165) is 12.1 Å². The van der Waals surface area contributed by atoms with Crippen LogP contribution in [-0.2, 0) is 0 Å². The van der Waals surface area contributed by atoms with Crippen LogP contribution in [0.3, 0.4) is 0 Å². The standard InChI is InChI=1S/C13H19ClFN/c1-9(16-8-13(2,3)4)11-6-5-10(15)7-12(11)14/h5-7,9,16H,8H2,1-4H3. The minimum absolute atomic E-state index is 0.132. The molecule has 0 aromatic heterocycles. The van der Waals surface area contributed by atoms with Gasteiger partial charge in [0.1, 0.15) is 5.82 Å². The molecule has 16 heavy (non-hydrogen) atoms. The number of halogens is 2. The highest BCUT2D eigenvalue weighted by molar-refractivity contribution is 6.31. The number of hydrogen-bond acceptors (Lipinski definition) is 1. The first-order chi connectivity index (χ1) is 7.29. The van der Waals surface area contributed by atoms with Crippen LogP contribution in [0.5, 0.6) is 0 Å². The Kier molecular flexibility index (Phi) is 4.34. The maximum Gasteiger partial charge on any atom is 0.124 e. The zero-order chi connectivity index (χ0) is 12.3. The van der Waals surface area contributed by atoms with Crippen molar-refractivity contribution in [3.63, 3.8) is 0 Å². The van der Waals surface area contributed by atoms with Crippen molar-refractivity contribution in [2.24, 2.45) is 5.41 Å². The number of nitrogens with one attached hydrogen (secondary N) is 1. The summed E-state index contributed by atoms with van der Waals surface area (Å²) in [5, 5.41) is 3.87. The molecule has 1 nitrogen and oxygen atoms in total. The summed E-state index contributed by atoms with van der Waals surface area (Å²) in [4.78, 5) is 0. The van der Waals surface area contributed by atoms with E-state index in [0.29, 0.717) is 5.02 Å². The van der Waals surface area contributed by atoms with Gasteiger partial charge in [-0.15, -0.1) is 0 Å². The fraction of sp³-hybridized carbons (Fsp3) is 0.538. The highest BCUT2D eigenvalue weighted by Gasteiger charge is 2.14. The van der Waals surface area contributed by atoms with Gasteiger partial charge in [-0.2, -0.15) is 0 Å². The van der Waals surface area contributed by atoms with Crippen molar-refractivity contribution in [3.8, 4) is 0 Å². The molecule has 1 unspecified atom stereocenters. The first-order valence-corrected chi connectivity index (χ1v) is 5.86. The second-order valence-corrected chi connectivity index (χ2v) is 5.74. The molecule has 0 radical (unpaired) electrons. The topological polar surface area (TPSA) is 12.0 Å². The molecule has 3 heteroatoms. The Labute approximate surface area is 102 Å². The smallest absolute Gasteiger partial charge is 0.124 e. The lowest BCUT2D eigenvalue weighted by molar-refractivity contribution is 0.359. The van der Waals surface area contributed by atoms with Gasteiger partial charge in [-0.05, 0) is 30.0 Å². The first kappa shape index (κ1) is 13.5. The molecule has 1 N–H and O–H groups in total. The predicted molar refractivity (Wildman–Crippen MR) is 67.3 cm³/mol. The third-order valence-corrected chi connectivity index (χ3v) is 2.69. The minimum atomic E-state index is -0.295. The number of hydrogen-bond donors (Lipinski definition) is 1. The molecule has 1 rings (SSSR count). The van der Waals surface area contributed by atoms with Gasteiger partial charge in [0.15, 0.2) is 0 Å². The highest BCUT2D eigenvalue weighted by Crippen LogP contribution is 2.24. The summed E-state index contributed by atoms with van der Waals surface area (Å²) in [5.74, 6) is -0.295. The van der Waals surface area contributed by atoms with Crippen molar-refractivity contribution in [2.45, 2.75) is 33.7 Å². The summed E-state index contributed by atoms with van der Waals surface area (Å²) in [5.41, 5.74) is 1.16. The van der Waals surface area contributed by atoms with E-state index in [1.165, 1.54) is 12.1 Å². The summed E-state index contributed by atoms with van der Waals surface area (Å²) >= 11 is 5.99. The van der Waals surface area contributed by atoms with Crippen molar-refractivity contribution in [3.05, 3.63) is 34.6 Å². The molecule has 0 amide bonds. The third-order valence-electron chi connectivity index (χ3n) is 2.37. The Balaban J connectivity index is 2.70. The molecule has 0 aliphatic heterocycles. The van der Waals surface area contributed by atoms with Crippen molar-refractivity contribution < 1.29 is 4.39 Å². The van der Waals surface area contributed by atoms with E-state index in [1.54, 1.807) is 6.07 Å². The maximum absolute atomic E-state index is 12.9. The van der Waals surface area contributed by atoms with Gasteiger partial charge >= 0.3 is 0 Å². The normalized spacial score (nSPS) is 13.9. The molecule has 0 fully saturated rings. The summed E-state index contributed by atoms with van der Waals surface area (Å²) < 4.78 is 12.9. The van der Waals surface area contributed by atoms with E-state index in [-0.39, 0.29) is 17.3 Å². The Hall–Kier alpha value is -0.600. The Morgan fingerprint density at radius 3 is 2.50 bits per heavy atom. The summed E-state index contributed by atoms with van der Waals surface area (Å²) in [6, 6.07) is 4.66. The minimum Gasteiger partial charge on any atom is -0.310 e. The van der Waals surface area contributed by atoms with Gasteiger partial charge in [-0.25, -0.2) is 4.39 Å². The average molecular weight is 244 g/mol. The molecule has 0 spiro atoms. The maximum atomic E-state index is 12.9. The number of rotatable bonds is 3. The molecule has 0 saturated heterocycles. The molecular weight excluding hydrogens is 225 g/mol. The lowest BCUT2D eigenvalue weighted by atomic mass is 9.96. The van der Waals surface area contributed by atoms with Gasteiger partial charge in [-0.3, -0.25) is 0 Å². The second kappa shape index (κ2) is 5.15. The highest BCUT2D eigenvalue weighted by atomic mass is 35.5. The summed E-state index contributed by atoms with van der Waals surface area (Å²) in [7, 11) is 0. The van der Waals surface area contributed by atoms with Crippen molar-refractivity contribution in [2.75, 3.05) is 6.54 Å². The molecule has 1 aromatic rings. The van der Waals surface area contributed by atoms with E-state index in [2.05, 4.69) is 26.1 Å². The fourth-order valence-electron chi connectivity index (χ4n) is 1.42. The second-order valence-electron chi connectivity index (χ2n) is 5.33. The van der Waals surface area contributed by atoms with E-state index in [1.807, 2.05) is 6.92 Å². The molecule has 1 atom stereocenters. The van der Waals surface area contributed by atoms with Gasteiger partial charge in [-0.1, -0.05) is 38.4 Å². The van der Waals surface area contributed by atoms with Crippen LogP contribution < -0.4 is 5.32 Å². The van der Waals surface area contributed by atoms with Crippen LogP contribution in [0.4, 0.5) is 4.39 Å². The van der Waals surface area contributed by atoms with Crippen LogP contribution in [0, 0.1) is 11.2 Å². The molecule has 0 saturated carbocycles. The van der Waals surface area contributed by atoms with E-state index >= 15 is 0 Å². The Morgan fingerprint density at radius 1 is 1.38 bits per heavy atom. The van der Waals surface area contributed by atoms with Crippen LogP contribution in [0.15, 0.2) is 18.2 Å². The summed E-state index contributed by atoms with van der Waals surface area (Å²) in [6.07, 6.45) is 0. The molecule has 1 aromatic carbocycles. The molecule has 0 bridgehead atoms. The first-order valence-electron chi connectivity index (χ1n) is 5.48. The molecule has 0 heterocycles.